The third-order valence-corrected chi connectivity index (χ3v) is 4.46. The molecule has 0 spiro atoms. The Morgan fingerprint density at radius 3 is 2.76 bits per heavy atom. The Morgan fingerprint density at radius 1 is 1.16 bits per heavy atom. The van der Waals surface area contributed by atoms with Gasteiger partial charge in [-0.15, -0.1) is 10.2 Å². The summed E-state index contributed by atoms with van der Waals surface area (Å²) in [6, 6.07) is 9.82. The third-order valence-electron chi connectivity index (χ3n) is 4.46. The van der Waals surface area contributed by atoms with E-state index in [1.165, 1.54) is 5.56 Å². The summed E-state index contributed by atoms with van der Waals surface area (Å²) in [5.41, 5.74) is 1.84. The van der Waals surface area contributed by atoms with Crippen LogP contribution in [0.4, 0.5) is 0 Å². The monoisotopic (exact) mass is 334 g/mol. The van der Waals surface area contributed by atoms with E-state index in [1.54, 1.807) is 18.6 Å². The van der Waals surface area contributed by atoms with Gasteiger partial charge in [-0.1, -0.05) is 30.3 Å². The second kappa shape index (κ2) is 6.43. The lowest BCUT2D eigenvalue weighted by Gasteiger charge is -2.32. The van der Waals surface area contributed by atoms with Gasteiger partial charge in [0.1, 0.15) is 11.7 Å². The minimum Gasteiger partial charge on any atom is -0.333 e. The summed E-state index contributed by atoms with van der Waals surface area (Å²) in [6.07, 6.45) is 5.68. The quantitative estimate of drug-likeness (QED) is 0.728. The van der Waals surface area contributed by atoms with Crippen molar-refractivity contribution in [3.63, 3.8) is 0 Å². The summed E-state index contributed by atoms with van der Waals surface area (Å²) in [7, 11) is 0. The molecule has 1 aliphatic heterocycles. The van der Waals surface area contributed by atoms with E-state index in [1.807, 2.05) is 34.6 Å². The number of amides is 1. The second-order valence-corrected chi connectivity index (χ2v) is 6.07. The van der Waals surface area contributed by atoms with Crippen LogP contribution >= 0.6 is 0 Å². The van der Waals surface area contributed by atoms with Crippen LogP contribution in [0, 0.1) is 0 Å². The fourth-order valence-electron chi connectivity index (χ4n) is 3.15. The predicted molar refractivity (Wildman–Crippen MR) is 91.3 cm³/mol. The molecule has 0 aliphatic carbocycles. The summed E-state index contributed by atoms with van der Waals surface area (Å²) in [5, 5.41) is 8.51. The van der Waals surface area contributed by atoms with Crippen molar-refractivity contribution < 1.29 is 4.79 Å². The zero-order valence-electron chi connectivity index (χ0n) is 13.9. The number of nitrogens with zero attached hydrogens (tertiary/aromatic N) is 6. The SMILES string of the molecule is C[C@H]1C(=O)N(CCc2ccccc2)Cc2nnc(-c3cnccn3)n21. The lowest BCUT2D eigenvalue weighted by Crippen LogP contribution is -2.42. The van der Waals surface area contributed by atoms with Crippen LogP contribution in [0.25, 0.3) is 11.5 Å². The number of carbonyl (C=O) groups excluding carboxylic acids is 1. The first kappa shape index (κ1) is 15.4. The molecule has 4 rings (SSSR count). The Kier molecular flexibility index (Phi) is 3.97. The summed E-state index contributed by atoms with van der Waals surface area (Å²) >= 11 is 0. The maximum absolute atomic E-state index is 12.8. The Labute approximate surface area is 145 Å². The Hall–Kier alpha value is -3.09. The molecule has 0 fully saturated rings. The van der Waals surface area contributed by atoms with Crippen LogP contribution in [0.2, 0.25) is 0 Å². The van der Waals surface area contributed by atoms with Gasteiger partial charge in [0.2, 0.25) is 5.91 Å². The molecular weight excluding hydrogens is 316 g/mol. The molecule has 7 nitrogen and oxygen atoms in total. The van der Waals surface area contributed by atoms with E-state index in [4.69, 9.17) is 0 Å². The van der Waals surface area contributed by atoms with Crippen molar-refractivity contribution in [1.29, 1.82) is 0 Å². The molecule has 0 saturated carbocycles. The van der Waals surface area contributed by atoms with Crippen molar-refractivity contribution >= 4 is 5.91 Å². The number of benzene rings is 1. The van der Waals surface area contributed by atoms with E-state index in [0.29, 0.717) is 24.6 Å². The molecular formula is C18H18N6O. The molecule has 126 valence electrons. The normalized spacial score (nSPS) is 16.8. The number of carbonyl (C=O) groups is 1. The number of fused-ring (bicyclic) bond motifs is 1. The van der Waals surface area contributed by atoms with E-state index in [0.717, 1.165) is 12.2 Å². The highest BCUT2D eigenvalue weighted by atomic mass is 16.2. The van der Waals surface area contributed by atoms with Crippen LogP contribution in [0.1, 0.15) is 24.4 Å². The first-order valence-corrected chi connectivity index (χ1v) is 8.27. The molecule has 0 bridgehead atoms. The van der Waals surface area contributed by atoms with E-state index < -0.39 is 0 Å². The molecule has 3 aromatic rings. The average molecular weight is 334 g/mol. The zero-order valence-corrected chi connectivity index (χ0v) is 13.9. The van der Waals surface area contributed by atoms with Crippen LogP contribution < -0.4 is 0 Å². The molecule has 1 aliphatic rings. The summed E-state index contributed by atoms with van der Waals surface area (Å²) in [6.45, 7) is 3.01. The summed E-state index contributed by atoms with van der Waals surface area (Å²) < 4.78 is 1.87. The van der Waals surface area contributed by atoms with Crippen molar-refractivity contribution in [2.45, 2.75) is 25.9 Å². The predicted octanol–water partition coefficient (Wildman–Crippen LogP) is 1.88. The third kappa shape index (κ3) is 2.88. The van der Waals surface area contributed by atoms with E-state index in [2.05, 4.69) is 32.3 Å². The molecule has 0 radical (unpaired) electrons. The first-order chi connectivity index (χ1) is 12.2. The van der Waals surface area contributed by atoms with Gasteiger partial charge in [0.25, 0.3) is 0 Å². The Bertz CT molecular complexity index is 877. The van der Waals surface area contributed by atoms with Gasteiger partial charge in [-0.2, -0.15) is 0 Å². The molecule has 1 amide bonds. The molecule has 0 saturated heterocycles. The average Bonchev–Trinajstić information content (AvgIpc) is 3.09. The maximum Gasteiger partial charge on any atom is 0.245 e. The number of hydrogen-bond acceptors (Lipinski definition) is 5. The Morgan fingerprint density at radius 2 is 2.00 bits per heavy atom. The van der Waals surface area contributed by atoms with Gasteiger partial charge >= 0.3 is 0 Å². The lowest BCUT2D eigenvalue weighted by atomic mass is 10.1. The van der Waals surface area contributed by atoms with E-state index >= 15 is 0 Å². The molecule has 0 N–H and O–H groups in total. The molecule has 1 aromatic carbocycles. The largest absolute Gasteiger partial charge is 0.333 e. The zero-order chi connectivity index (χ0) is 17.2. The van der Waals surface area contributed by atoms with Crippen molar-refractivity contribution in [2.24, 2.45) is 0 Å². The summed E-state index contributed by atoms with van der Waals surface area (Å²) in [4.78, 5) is 23.0. The number of aromatic nitrogens is 5. The fourth-order valence-corrected chi connectivity index (χ4v) is 3.15. The van der Waals surface area contributed by atoms with Crippen molar-refractivity contribution in [1.82, 2.24) is 29.6 Å². The maximum atomic E-state index is 12.8. The smallest absolute Gasteiger partial charge is 0.245 e. The van der Waals surface area contributed by atoms with Gasteiger partial charge in [-0.3, -0.25) is 14.3 Å². The highest BCUT2D eigenvalue weighted by molar-refractivity contribution is 5.81. The number of rotatable bonds is 4. The van der Waals surface area contributed by atoms with Gasteiger partial charge in [-0.25, -0.2) is 4.98 Å². The standard InChI is InChI=1S/C18H18N6O/c1-13-18(25)23(10-7-14-5-3-2-4-6-14)12-16-21-22-17(24(13)16)15-11-19-8-9-20-15/h2-6,8-9,11,13H,7,10,12H2,1H3/t13-/m0/s1. The van der Waals surface area contributed by atoms with Gasteiger partial charge < -0.3 is 4.90 Å². The van der Waals surface area contributed by atoms with E-state index in [9.17, 15) is 4.79 Å². The molecule has 2 aromatic heterocycles. The highest BCUT2D eigenvalue weighted by Crippen LogP contribution is 2.27. The van der Waals surface area contributed by atoms with Crippen molar-refractivity contribution in [3.8, 4) is 11.5 Å². The fraction of sp³-hybridized carbons (Fsp3) is 0.278. The molecule has 1 atom stereocenters. The van der Waals surface area contributed by atoms with Crippen LogP contribution in [0.15, 0.2) is 48.9 Å². The van der Waals surface area contributed by atoms with E-state index in [-0.39, 0.29) is 11.9 Å². The van der Waals surface area contributed by atoms with Gasteiger partial charge in [0.15, 0.2) is 11.6 Å². The second-order valence-electron chi connectivity index (χ2n) is 6.07. The number of hydrogen-bond donors (Lipinski definition) is 0. The first-order valence-electron chi connectivity index (χ1n) is 8.27. The van der Waals surface area contributed by atoms with Crippen LogP contribution in [0.3, 0.4) is 0 Å². The molecule has 7 heteroatoms. The van der Waals surface area contributed by atoms with Gasteiger partial charge in [-0.05, 0) is 18.9 Å². The van der Waals surface area contributed by atoms with Gasteiger partial charge in [0.05, 0.1) is 12.7 Å². The minimum atomic E-state index is -0.355. The minimum absolute atomic E-state index is 0.0772. The van der Waals surface area contributed by atoms with Crippen LogP contribution in [-0.4, -0.2) is 42.1 Å². The molecule has 25 heavy (non-hydrogen) atoms. The molecule has 0 unspecified atom stereocenters. The topological polar surface area (TPSA) is 76.8 Å². The van der Waals surface area contributed by atoms with Crippen molar-refractivity contribution in [2.75, 3.05) is 6.54 Å². The van der Waals surface area contributed by atoms with Gasteiger partial charge in [0, 0.05) is 18.9 Å². The van der Waals surface area contributed by atoms with Crippen LogP contribution in [-0.2, 0) is 17.8 Å². The Balaban J connectivity index is 1.57. The highest BCUT2D eigenvalue weighted by Gasteiger charge is 2.33. The molecule has 3 heterocycles. The van der Waals surface area contributed by atoms with Crippen LogP contribution in [0.5, 0.6) is 0 Å². The summed E-state index contributed by atoms with van der Waals surface area (Å²) in [5.74, 6) is 1.45. The van der Waals surface area contributed by atoms with Crippen molar-refractivity contribution in [3.05, 3.63) is 60.3 Å². The lowest BCUT2D eigenvalue weighted by molar-refractivity contribution is -0.136.